The summed E-state index contributed by atoms with van der Waals surface area (Å²) in [6.45, 7) is 1.33. The van der Waals surface area contributed by atoms with Gasteiger partial charge in [-0.05, 0) is 6.92 Å². The molecule has 0 heterocycles. The van der Waals surface area contributed by atoms with E-state index < -0.39 is 18.5 Å². The van der Waals surface area contributed by atoms with E-state index in [0.717, 1.165) is 4.90 Å². The second kappa shape index (κ2) is 4.70. The Morgan fingerprint density at radius 3 is 2.38 bits per heavy atom. The molecule has 1 amide bonds. The molecule has 0 aromatic carbocycles. The number of hydrogen-bond acceptors (Lipinski definition) is 2. The molecule has 0 aromatic rings. The SMILES string of the molecule is CCN(CC#N)C(=O)CC(F)(F)F. The summed E-state index contributed by atoms with van der Waals surface area (Å²) in [6.07, 6.45) is -6.00. The molecule has 0 N–H and O–H groups in total. The molecule has 13 heavy (non-hydrogen) atoms. The second-order valence-electron chi connectivity index (χ2n) is 2.36. The normalized spacial score (nSPS) is 10.7. The molecule has 0 rings (SSSR count). The summed E-state index contributed by atoms with van der Waals surface area (Å²) in [7, 11) is 0. The maximum atomic E-state index is 11.7. The van der Waals surface area contributed by atoms with Crippen molar-refractivity contribution in [2.24, 2.45) is 0 Å². The lowest BCUT2D eigenvalue weighted by atomic mass is 10.3. The number of carbonyl (C=O) groups excluding carboxylic acids is 1. The first kappa shape index (κ1) is 11.8. The Balaban J connectivity index is 4.16. The maximum Gasteiger partial charge on any atom is 0.397 e. The van der Waals surface area contributed by atoms with Crippen LogP contribution in [0.2, 0.25) is 0 Å². The molecule has 0 aliphatic heterocycles. The van der Waals surface area contributed by atoms with E-state index in [-0.39, 0.29) is 13.1 Å². The summed E-state index contributed by atoms with van der Waals surface area (Å²) in [6, 6.07) is 1.62. The van der Waals surface area contributed by atoms with Crippen LogP contribution in [0.4, 0.5) is 13.2 Å². The van der Waals surface area contributed by atoms with Crippen molar-refractivity contribution in [3.63, 3.8) is 0 Å². The van der Waals surface area contributed by atoms with E-state index in [1.165, 1.54) is 6.92 Å². The Kier molecular flexibility index (Phi) is 4.25. The summed E-state index contributed by atoms with van der Waals surface area (Å²) < 4.78 is 35.1. The van der Waals surface area contributed by atoms with Crippen LogP contribution < -0.4 is 0 Å². The van der Waals surface area contributed by atoms with E-state index >= 15 is 0 Å². The standard InChI is InChI=1S/C7H9F3N2O/c1-2-12(4-3-11)6(13)5-7(8,9)10/h2,4-5H2,1H3. The molecule has 74 valence electrons. The van der Waals surface area contributed by atoms with Crippen LogP contribution in [0.3, 0.4) is 0 Å². The van der Waals surface area contributed by atoms with Gasteiger partial charge in [0.2, 0.25) is 5.91 Å². The van der Waals surface area contributed by atoms with Crippen LogP contribution >= 0.6 is 0 Å². The highest BCUT2D eigenvalue weighted by molar-refractivity contribution is 5.77. The number of amides is 1. The van der Waals surface area contributed by atoms with E-state index in [2.05, 4.69) is 0 Å². The first-order valence-corrected chi connectivity index (χ1v) is 3.62. The molecule has 0 aromatic heterocycles. The highest BCUT2D eigenvalue weighted by atomic mass is 19.4. The van der Waals surface area contributed by atoms with Crippen molar-refractivity contribution in [1.29, 1.82) is 5.26 Å². The fourth-order valence-corrected chi connectivity index (χ4v) is 0.745. The highest BCUT2D eigenvalue weighted by Crippen LogP contribution is 2.20. The van der Waals surface area contributed by atoms with Crippen molar-refractivity contribution >= 4 is 5.91 Å². The molecule has 0 saturated carbocycles. The Hall–Kier alpha value is -1.25. The lowest BCUT2D eigenvalue weighted by Crippen LogP contribution is -2.34. The van der Waals surface area contributed by atoms with Crippen LogP contribution in [-0.2, 0) is 4.79 Å². The number of carbonyl (C=O) groups is 1. The van der Waals surface area contributed by atoms with Gasteiger partial charge in [-0.1, -0.05) is 0 Å². The van der Waals surface area contributed by atoms with Crippen molar-refractivity contribution in [3.8, 4) is 6.07 Å². The summed E-state index contributed by atoms with van der Waals surface area (Å²) in [4.78, 5) is 11.7. The van der Waals surface area contributed by atoms with E-state index in [1.807, 2.05) is 0 Å². The topological polar surface area (TPSA) is 44.1 Å². The zero-order valence-corrected chi connectivity index (χ0v) is 7.06. The first-order valence-electron chi connectivity index (χ1n) is 3.62. The van der Waals surface area contributed by atoms with Crippen LogP contribution in [-0.4, -0.2) is 30.1 Å². The third-order valence-corrected chi connectivity index (χ3v) is 1.35. The van der Waals surface area contributed by atoms with Gasteiger partial charge in [0.1, 0.15) is 13.0 Å². The van der Waals surface area contributed by atoms with Crippen molar-refractivity contribution in [2.45, 2.75) is 19.5 Å². The molecule has 6 heteroatoms. The largest absolute Gasteiger partial charge is 0.397 e. The fourth-order valence-electron chi connectivity index (χ4n) is 0.745. The Morgan fingerprint density at radius 2 is 2.08 bits per heavy atom. The first-order chi connectivity index (χ1) is 5.90. The van der Waals surface area contributed by atoms with Crippen molar-refractivity contribution < 1.29 is 18.0 Å². The van der Waals surface area contributed by atoms with Crippen LogP contribution in [0.15, 0.2) is 0 Å². The second-order valence-corrected chi connectivity index (χ2v) is 2.36. The highest BCUT2D eigenvalue weighted by Gasteiger charge is 2.32. The maximum absolute atomic E-state index is 11.7. The van der Waals surface area contributed by atoms with Crippen molar-refractivity contribution in [3.05, 3.63) is 0 Å². The van der Waals surface area contributed by atoms with Gasteiger partial charge in [0.05, 0.1) is 6.07 Å². The van der Waals surface area contributed by atoms with Crippen LogP contribution in [0.25, 0.3) is 0 Å². The number of halogens is 3. The van der Waals surface area contributed by atoms with Gasteiger partial charge in [-0.25, -0.2) is 0 Å². The smallest absolute Gasteiger partial charge is 0.329 e. The predicted molar refractivity (Wildman–Crippen MR) is 38.5 cm³/mol. The summed E-state index contributed by atoms with van der Waals surface area (Å²) in [5, 5.41) is 8.19. The number of nitriles is 1. The van der Waals surface area contributed by atoms with Gasteiger partial charge in [0, 0.05) is 6.54 Å². The average Bonchev–Trinajstić information content (AvgIpc) is 1.96. The Morgan fingerprint density at radius 1 is 1.54 bits per heavy atom. The van der Waals surface area contributed by atoms with Gasteiger partial charge in [0.15, 0.2) is 0 Å². The van der Waals surface area contributed by atoms with Gasteiger partial charge in [-0.15, -0.1) is 0 Å². The predicted octanol–water partition coefficient (Wildman–Crippen LogP) is 1.31. The Bertz CT molecular complexity index is 219. The van der Waals surface area contributed by atoms with Crippen LogP contribution in [0, 0.1) is 11.3 Å². The van der Waals surface area contributed by atoms with Crippen molar-refractivity contribution in [1.82, 2.24) is 4.90 Å². The number of rotatable bonds is 3. The average molecular weight is 194 g/mol. The summed E-state index contributed by atoms with van der Waals surface area (Å²) >= 11 is 0. The minimum absolute atomic E-state index is 0.114. The molecule has 0 atom stereocenters. The fraction of sp³-hybridized carbons (Fsp3) is 0.714. The quantitative estimate of drug-likeness (QED) is 0.636. The molecule has 3 nitrogen and oxygen atoms in total. The van der Waals surface area contributed by atoms with E-state index in [4.69, 9.17) is 5.26 Å². The molecular weight excluding hydrogens is 185 g/mol. The lowest BCUT2D eigenvalue weighted by Gasteiger charge is -2.17. The molecule has 0 bridgehead atoms. The van der Waals surface area contributed by atoms with E-state index in [0.29, 0.717) is 0 Å². The van der Waals surface area contributed by atoms with Crippen LogP contribution in [0.5, 0.6) is 0 Å². The molecule has 0 unspecified atom stereocenters. The zero-order chi connectivity index (χ0) is 10.5. The zero-order valence-electron chi connectivity index (χ0n) is 7.06. The summed E-state index contributed by atoms with van der Waals surface area (Å²) in [5.41, 5.74) is 0. The molecule has 0 saturated heterocycles. The minimum Gasteiger partial charge on any atom is -0.329 e. The van der Waals surface area contributed by atoms with E-state index in [9.17, 15) is 18.0 Å². The van der Waals surface area contributed by atoms with Gasteiger partial charge >= 0.3 is 6.18 Å². The summed E-state index contributed by atoms with van der Waals surface area (Å²) in [5.74, 6) is -1.06. The van der Waals surface area contributed by atoms with Gasteiger partial charge in [0.25, 0.3) is 0 Å². The number of alkyl halides is 3. The number of nitrogens with zero attached hydrogens (tertiary/aromatic N) is 2. The molecule has 0 spiro atoms. The van der Waals surface area contributed by atoms with Crippen molar-refractivity contribution in [2.75, 3.05) is 13.1 Å². The molecule has 0 radical (unpaired) electrons. The third kappa shape index (κ3) is 5.06. The monoisotopic (exact) mass is 194 g/mol. The molecule has 0 aliphatic carbocycles. The lowest BCUT2D eigenvalue weighted by molar-refractivity contribution is -0.160. The molecule has 0 aliphatic rings. The van der Waals surface area contributed by atoms with Gasteiger partial charge in [-0.3, -0.25) is 4.79 Å². The Labute approximate surface area is 73.7 Å². The minimum atomic E-state index is -4.50. The third-order valence-electron chi connectivity index (χ3n) is 1.35. The van der Waals surface area contributed by atoms with Gasteiger partial charge < -0.3 is 4.90 Å². The van der Waals surface area contributed by atoms with E-state index in [1.54, 1.807) is 6.07 Å². The van der Waals surface area contributed by atoms with Gasteiger partial charge in [-0.2, -0.15) is 18.4 Å². The number of hydrogen-bond donors (Lipinski definition) is 0. The molecule has 0 fully saturated rings. The molecular formula is C7H9F3N2O. The van der Waals surface area contributed by atoms with Crippen LogP contribution in [0.1, 0.15) is 13.3 Å².